The lowest BCUT2D eigenvalue weighted by Gasteiger charge is -2.20. The Morgan fingerprint density at radius 1 is 1.19 bits per heavy atom. The molecule has 192 valence electrons. The Labute approximate surface area is 207 Å². The Balaban J connectivity index is 1.43. The van der Waals surface area contributed by atoms with Crippen LogP contribution >= 0.6 is 0 Å². The third-order valence-corrected chi connectivity index (χ3v) is 7.89. The smallest absolute Gasteiger partial charge is 0.281 e. The summed E-state index contributed by atoms with van der Waals surface area (Å²) >= 11 is 0. The molecule has 12 nitrogen and oxygen atoms in total. The van der Waals surface area contributed by atoms with E-state index in [9.17, 15) is 22.4 Å². The molecule has 0 spiro atoms. The number of aromatic nitrogens is 4. The molecule has 0 saturated carbocycles. The van der Waals surface area contributed by atoms with Crippen LogP contribution in [0.15, 0.2) is 30.6 Å². The molecule has 14 heteroatoms. The van der Waals surface area contributed by atoms with Crippen molar-refractivity contribution in [3.63, 3.8) is 0 Å². The maximum absolute atomic E-state index is 13.5. The van der Waals surface area contributed by atoms with E-state index in [1.807, 2.05) is 0 Å². The van der Waals surface area contributed by atoms with Crippen LogP contribution in [0.4, 0.5) is 4.39 Å². The van der Waals surface area contributed by atoms with Crippen LogP contribution in [0.3, 0.4) is 0 Å². The number of hydrogen-bond acceptors (Lipinski definition) is 7. The van der Waals surface area contributed by atoms with Crippen LogP contribution in [0.5, 0.6) is 0 Å². The number of aryl methyl sites for hydroxylation is 1. The fourth-order valence-electron chi connectivity index (χ4n) is 3.91. The lowest BCUT2D eigenvalue weighted by Crippen LogP contribution is -2.39. The predicted molar refractivity (Wildman–Crippen MR) is 128 cm³/mol. The van der Waals surface area contributed by atoms with Crippen LogP contribution < -0.4 is 10.6 Å². The van der Waals surface area contributed by atoms with E-state index in [0.717, 1.165) is 4.31 Å². The van der Waals surface area contributed by atoms with Gasteiger partial charge in [-0.15, -0.1) is 0 Å². The summed E-state index contributed by atoms with van der Waals surface area (Å²) in [4.78, 5) is 33.9. The standard InChI is InChI=1S/C22H27FN8O4S/c1-14-8-15(4-5-17(14)23)10-24-20(32)18-9-19(31-22(28-18)26-13-27-31)21(33)25-11-16-6-7-30(12-16)36(34,35)29(2)3/h4-5,8-9,13,16H,6-7,10-12H2,1-3H3,(H,24,32)(H,25,33)/t16-/m1/s1. The summed E-state index contributed by atoms with van der Waals surface area (Å²) in [7, 11) is -0.551. The monoisotopic (exact) mass is 518 g/mol. The maximum Gasteiger partial charge on any atom is 0.281 e. The van der Waals surface area contributed by atoms with Crippen LogP contribution in [0, 0.1) is 18.7 Å². The molecule has 4 rings (SSSR count). The quantitative estimate of drug-likeness (QED) is 0.439. The Morgan fingerprint density at radius 3 is 2.69 bits per heavy atom. The second-order valence-electron chi connectivity index (χ2n) is 8.78. The highest BCUT2D eigenvalue weighted by Gasteiger charge is 2.33. The zero-order valence-corrected chi connectivity index (χ0v) is 20.9. The van der Waals surface area contributed by atoms with Crippen molar-refractivity contribution in [2.45, 2.75) is 19.9 Å². The van der Waals surface area contributed by atoms with Crippen LogP contribution in [0.25, 0.3) is 5.78 Å². The van der Waals surface area contributed by atoms with Gasteiger partial charge in [0.15, 0.2) is 0 Å². The number of benzene rings is 1. The maximum atomic E-state index is 13.5. The average Bonchev–Trinajstić information content (AvgIpc) is 3.52. The van der Waals surface area contributed by atoms with Gasteiger partial charge in [0.2, 0.25) is 0 Å². The Bertz CT molecular complexity index is 1410. The molecule has 1 atom stereocenters. The molecule has 2 aromatic heterocycles. The number of amides is 2. The third kappa shape index (κ3) is 5.34. The Kier molecular flexibility index (Phi) is 7.28. The van der Waals surface area contributed by atoms with Crippen molar-refractivity contribution in [2.75, 3.05) is 33.7 Å². The molecule has 1 aliphatic rings. The fourth-order valence-corrected chi connectivity index (χ4v) is 5.11. The van der Waals surface area contributed by atoms with Crippen molar-refractivity contribution >= 4 is 27.8 Å². The molecule has 3 heterocycles. The van der Waals surface area contributed by atoms with E-state index >= 15 is 0 Å². The molecule has 3 aromatic rings. The van der Waals surface area contributed by atoms with Gasteiger partial charge in [-0.2, -0.15) is 31.6 Å². The molecule has 2 N–H and O–H groups in total. The zero-order chi connectivity index (χ0) is 26.0. The molecule has 2 amide bonds. The Hall–Kier alpha value is -3.49. The van der Waals surface area contributed by atoms with Crippen LogP contribution in [0.2, 0.25) is 0 Å². The van der Waals surface area contributed by atoms with Gasteiger partial charge in [0.25, 0.3) is 27.8 Å². The fraction of sp³-hybridized carbons (Fsp3) is 0.409. The highest BCUT2D eigenvalue weighted by Crippen LogP contribution is 2.20. The zero-order valence-electron chi connectivity index (χ0n) is 20.1. The van der Waals surface area contributed by atoms with Gasteiger partial charge in [-0.1, -0.05) is 12.1 Å². The minimum Gasteiger partial charge on any atom is -0.350 e. The molecule has 1 aliphatic heterocycles. The predicted octanol–water partition coefficient (Wildman–Crippen LogP) is 0.360. The number of fused-ring (bicyclic) bond motifs is 1. The molecule has 0 radical (unpaired) electrons. The molecule has 0 bridgehead atoms. The first kappa shape index (κ1) is 25.6. The highest BCUT2D eigenvalue weighted by molar-refractivity contribution is 7.86. The number of nitrogens with zero attached hydrogens (tertiary/aromatic N) is 6. The van der Waals surface area contributed by atoms with Gasteiger partial charge in [-0.3, -0.25) is 9.59 Å². The van der Waals surface area contributed by atoms with Crippen LogP contribution in [-0.2, 0) is 16.8 Å². The van der Waals surface area contributed by atoms with E-state index in [2.05, 4.69) is 25.7 Å². The summed E-state index contributed by atoms with van der Waals surface area (Å²) in [6, 6.07) is 5.86. The van der Waals surface area contributed by atoms with Crippen LogP contribution in [0.1, 0.15) is 38.5 Å². The van der Waals surface area contributed by atoms with Crippen LogP contribution in [-0.4, -0.2) is 82.2 Å². The largest absolute Gasteiger partial charge is 0.350 e. The first-order valence-electron chi connectivity index (χ1n) is 11.3. The first-order chi connectivity index (χ1) is 17.1. The van der Waals surface area contributed by atoms with E-state index in [1.165, 1.54) is 41.4 Å². The lowest BCUT2D eigenvalue weighted by molar-refractivity contribution is 0.0940. The van der Waals surface area contributed by atoms with Gasteiger partial charge in [0.1, 0.15) is 23.5 Å². The number of carbonyl (C=O) groups excluding carboxylic acids is 2. The molecular weight excluding hydrogens is 491 g/mol. The number of rotatable bonds is 8. The van der Waals surface area contributed by atoms with E-state index in [0.29, 0.717) is 30.6 Å². The van der Waals surface area contributed by atoms with Crippen molar-refractivity contribution in [3.05, 3.63) is 58.9 Å². The number of nitrogens with one attached hydrogen (secondary N) is 2. The summed E-state index contributed by atoms with van der Waals surface area (Å²) in [6.07, 6.45) is 1.84. The Morgan fingerprint density at radius 2 is 1.97 bits per heavy atom. The van der Waals surface area contributed by atoms with Gasteiger partial charge < -0.3 is 10.6 Å². The van der Waals surface area contributed by atoms with Crippen molar-refractivity contribution in [3.8, 4) is 0 Å². The van der Waals surface area contributed by atoms with Gasteiger partial charge in [-0.25, -0.2) is 9.37 Å². The molecule has 0 unspecified atom stereocenters. The van der Waals surface area contributed by atoms with Crippen molar-refractivity contribution in [1.82, 2.24) is 38.8 Å². The summed E-state index contributed by atoms with van der Waals surface area (Å²) in [6.45, 7) is 2.71. The molecule has 36 heavy (non-hydrogen) atoms. The average molecular weight is 519 g/mol. The van der Waals surface area contributed by atoms with Gasteiger partial charge in [0.05, 0.1) is 0 Å². The summed E-state index contributed by atoms with van der Waals surface area (Å²) in [5.74, 6) is -1.33. The third-order valence-electron chi connectivity index (χ3n) is 5.98. The molecular formula is C22H27FN8O4S. The summed E-state index contributed by atoms with van der Waals surface area (Å²) in [5, 5.41) is 9.53. The van der Waals surface area contributed by atoms with Crippen molar-refractivity contribution < 1.29 is 22.4 Å². The number of carbonyl (C=O) groups is 2. The van der Waals surface area contributed by atoms with E-state index in [4.69, 9.17) is 0 Å². The molecule has 1 saturated heterocycles. The lowest BCUT2D eigenvalue weighted by atomic mass is 10.1. The molecule has 1 aromatic carbocycles. The highest BCUT2D eigenvalue weighted by atomic mass is 32.2. The van der Waals surface area contributed by atoms with E-state index < -0.39 is 22.0 Å². The second kappa shape index (κ2) is 10.2. The normalized spacial score (nSPS) is 16.5. The van der Waals surface area contributed by atoms with Gasteiger partial charge >= 0.3 is 0 Å². The van der Waals surface area contributed by atoms with Gasteiger partial charge in [0, 0.05) is 46.3 Å². The summed E-state index contributed by atoms with van der Waals surface area (Å²) < 4.78 is 41.9. The second-order valence-corrected chi connectivity index (χ2v) is 10.9. The minimum atomic E-state index is -3.51. The molecule has 0 aliphatic carbocycles. The summed E-state index contributed by atoms with van der Waals surface area (Å²) in [5.41, 5.74) is 1.22. The van der Waals surface area contributed by atoms with E-state index in [-0.39, 0.29) is 42.0 Å². The number of halogens is 1. The molecule has 1 fully saturated rings. The topological polar surface area (TPSA) is 142 Å². The van der Waals surface area contributed by atoms with E-state index in [1.54, 1.807) is 19.1 Å². The van der Waals surface area contributed by atoms with Crippen molar-refractivity contribution in [1.29, 1.82) is 0 Å². The minimum absolute atomic E-state index is 0.0244. The van der Waals surface area contributed by atoms with Gasteiger partial charge in [-0.05, 0) is 36.5 Å². The first-order valence-corrected chi connectivity index (χ1v) is 12.7. The SMILES string of the molecule is Cc1cc(CNC(=O)c2cc(C(=O)NC[C@H]3CCN(S(=O)(=O)N(C)C)C3)n3ncnc3n2)ccc1F. The van der Waals surface area contributed by atoms with Crippen molar-refractivity contribution in [2.24, 2.45) is 5.92 Å². The number of hydrogen-bond donors (Lipinski definition) is 2.